The highest BCUT2D eigenvalue weighted by atomic mass is 16.5. The molecule has 0 heterocycles. The van der Waals surface area contributed by atoms with Crippen molar-refractivity contribution in [2.75, 3.05) is 26.1 Å². The Morgan fingerprint density at radius 1 is 0.960 bits per heavy atom. The molecule has 4 heteroatoms. The van der Waals surface area contributed by atoms with Crippen LogP contribution in [0.1, 0.15) is 15.9 Å². The third-order valence-electron chi connectivity index (χ3n) is 4.21. The molecular formula is C21H22N2O2. The Hall–Kier alpha value is -3.01. The maximum atomic E-state index is 12.3. The fourth-order valence-electron chi connectivity index (χ4n) is 2.71. The Morgan fingerprint density at radius 2 is 1.64 bits per heavy atom. The Kier molecular flexibility index (Phi) is 4.89. The predicted molar refractivity (Wildman–Crippen MR) is 102 cm³/mol. The van der Waals surface area contributed by atoms with E-state index in [1.165, 1.54) is 0 Å². The van der Waals surface area contributed by atoms with Crippen molar-refractivity contribution in [1.82, 2.24) is 5.32 Å². The van der Waals surface area contributed by atoms with Crippen LogP contribution in [0.5, 0.6) is 5.75 Å². The number of fused-ring (bicyclic) bond motifs is 1. The van der Waals surface area contributed by atoms with Gasteiger partial charge in [0.1, 0.15) is 5.75 Å². The molecule has 0 aliphatic rings. The monoisotopic (exact) mass is 334 g/mol. The van der Waals surface area contributed by atoms with Crippen LogP contribution in [0.3, 0.4) is 0 Å². The number of methoxy groups -OCH3 is 1. The Balaban J connectivity index is 1.68. The van der Waals surface area contributed by atoms with Crippen molar-refractivity contribution in [2.45, 2.75) is 6.54 Å². The molecule has 3 rings (SSSR count). The summed E-state index contributed by atoms with van der Waals surface area (Å²) in [5, 5.41) is 5.22. The van der Waals surface area contributed by atoms with Gasteiger partial charge in [0.15, 0.2) is 0 Å². The lowest BCUT2D eigenvalue weighted by Crippen LogP contribution is -2.22. The van der Waals surface area contributed by atoms with Gasteiger partial charge in [-0.05, 0) is 58.8 Å². The standard InChI is InChI=1S/C21H22N2O2/c1-23(2)19-9-6-16(7-10-19)21(24)22-14-15-4-5-18-13-20(25-3)11-8-17(18)12-15/h4-13H,14H2,1-3H3,(H,22,24). The van der Waals surface area contributed by atoms with E-state index in [1.807, 2.05) is 73.6 Å². The van der Waals surface area contributed by atoms with Gasteiger partial charge in [-0.2, -0.15) is 0 Å². The molecule has 25 heavy (non-hydrogen) atoms. The average Bonchev–Trinajstić information content (AvgIpc) is 2.65. The van der Waals surface area contributed by atoms with E-state index in [-0.39, 0.29) is 5.91 Å². The van der Waals surface area contributed by atoms with Crippen LogP contribution in [-0.4, -0.2) is 27.1 Å². The van der Waals surface area contributed by atoms with E-state index in [9.17, 15) is 4.79 Å². The SMILES string of the molecule is COc1ccc2cc(CNC(=O)c3ccc(N(C)C)cc3)ccc2c1. The lowest BCUT2D eigenvalue weighted by Gasteiger charge is -2.12. The summed E-state index contributed by atoms with van der Waals surface area (Å²) in [6, 6.07) is 19.7. The van der Waals surface area contributed by atoms with E-state index >= 15 is 0 Å². The van der Waals surface area contributed by atoms with Gasteiger partial charge >= 0.3 is 0 Å². The van der Waals surface area contributed by atoms with Gasteiger partial charge in [0.25, 0.3) is 5.91 Å². The van der Waals surface area contributed by atoms with Crippen molar-refractivity contribution in [3.05, 3.63) is 71.8 Å². The number of anilines is 1. The third-order valence-corrected chi connectivity index (χ3v) is 4.21. The first-order valence-corrected chi connectivity index (χ1v) is 8.19. The molecule has 0 saturated heterocycles. The topological polar surface area (TPSA) is 41.6 Å². The smallest absolute Gasteiger partial charge is 0.251 e. The van der Waals surface area contributed by atoms with Gasteiger partial charge in [0, 0.05) is 31.9 Å². The number of hydrogen-bond acceptors (Lipinski definition) is 3. The van der Waals surface area contributed by atoms with E-state index < -0.39 is 0 Å². The quantitative estimate of drug-likeness (QED) is 0.771. The van der Waals surface area contributed by atoms with Crippen LogP contribution in [0.4, 0.5) is 5.69 Å². The van der Waals surface area contributed by atoms with Crippen molar-refractivity contribution in [1.29, 1.82) is 0 Å². The van der Waals surface area contributed by atoms with Gasteiger partial charge in [-0.25, -0.2) is 0 Å². The van der Waals surface area contributed by atoms with Gasteiger partial charge < -0.3 is 15.0 Å². The zero-order valence-electron chi connectivity index (χ0n) is 14.7. The fourth-order valence-corrected chi connectivity index (χ4v) is 2.71. The summed E-state index contributed by atoms with van der Waals surface area (Å²) >= 11 is 0. The zero-order valence-corrected chi connectivity index (χ0v) is 14.7. The summed E-state index contributed by atoms with van der Waals surface area (Å²) in [6.45, 7) is 0.496. The minimum absolute atomic E-state index is 0.0693. The predicted octanol–water partition coefficient (Wildman–Crippen LogP) is 3.84. The number of rotatable bonds is 5. The summed E-state index contributed by atoms with van der Waals surface area (Å²) in [7, 11) is 5.62. The van der Waals surface area contributed by atoms with Crippen molar-refractivity contribution >= 4 is 22.4 Å². The van der Waals surface area contributed by atoms with Crippen LogP contribution in [0.2, 0.25) is 0 Å². The summed E-state index contributed by atoms with van der Waals surface area (Å²) in [4.78, 5) is 14.3. The molecule has 0 spiro atoms. The number of nitrogens with zero attached hydrogens (tertiary/aromatic N) is 1. The van der Waals surface area contributed by atoms with E-state index in [0.717, 1.165) is 27.8 Å². The number of amides is 1. The lowest BCUT2D eigenvalue weighted by molar-refractivity contribution is 0.0951. The van der Waals surface area contributed by atoms with E-state index in [0.29, 0.717) is 12.1 Å². The lowest BCUT2D eigenvalue weighted by atomic mass is 10.1. The third kappa shape index (κ3) is 3.91. The summed E-state index contributed by atoms with van der Waals surface area (Å²) in [5.41, 5.74) is 2.80. The Morgan fingerprint density at radius 3 is 2.32 bits per heavy atom. The number of benzene rings is 3. The maximum absolute atomic E-state index is 12.3. The molecule has 0 saturated carbocycles. The normalized spacial score (nSPS) is 10.5. The number of carbonyl (C=O) groups excluding carboxylic acids is 1. The largest absolute Gasteiger partial charge is 0.497 e. The minimum Gasteiger partial charge on any atom is -0.497 e. The van der Waals surface area contributed by atoms with E-state index in [2.05, 4.69) is 11.4 Å². The van der Waals surface area contributed by atoms with Crippen LogP contribution in [-0.2, 0) is 6.54 Å². The highest BCUT2D eigenvalue weighted by Crippen LogP contribution is 2.22. The molecular weight excluding hydrogens is 312 g/mol. The second-order valence-corrected chi connectivity index (χ2v) is 6.17. The number of hydrogen-bond donors (Lipinski definition) is 1. The molecule has 0 aromatic heterocycles. The van der Waals surface area contributed by atoms with Crippen molar-refractivity contribution in [2.24, 2.45) is 0 Å². The molecule has 0 fully saturated rings. The molecule has 0 radical (unpaired) electrons. The van der Waals surface area contributed by atoms with E-state index in [1.54, 1.807) is 7.11 Å². The molecule has 0 bridgehead atoms. The zero-order chi connectivity index (χ0) is 17.8. The van der Waals surface area contributed by atoms with Gasteiger partial charge in [-0.3, -0.25) is 4.79 Å². The van der Waals surface area contributed by atoms with Crippen LogP contribution in [0.25, 0.3) is 10.8 Å². The molecule has 3 aromatic rings. The van der Waals surface area contributed by atoms with Crippen LogP contribution in [0, 0.1) is 0 Å². The number of ether oxygens (including phenoxy) is 1. The summed E-state index contributed by atoms with van der Waals surface area (Å²) < 4.78 is 5.24. The molecule has 1 N–H and O–H groups in total. The van der Waals surface area contributed by atoms with Gasteiger partial charge in [-0.15, -0.1) is 0 Å². The first kappa shape index (κ1) is 16.8. The fraction of sp³-hybridized carbons (Fsp3) is 0.190. The van der Waals surface area contributed by atoms with Crippen LogP contribution < -0.4 is 15.0 Å². The van der Waals surface area contributed by atoms with Gasteiger partial charge in [0.2, 0.25) is 0 Å². The molecule has 1 amide bonds. The molecule has 0 atom stereocenters. The highest BCUT2D eigenvalue weighted by Gasteiger charge is 2.06. The molecule has 3 aromatic carbocycles. The van der Waals surface area contributed by atoms with Crippen molar-refractivity contribution in [3.8, 4) is 5.75 Å². The Labute approximate surface area is 148 Å². The van der Waals surface area contributed by atoms with Gasteiger partial charge in [0.05, 0.1) is 7.11 Å². The highest BCUT2D eigenvalue weighted by molar-refractivity contribution is 5.94. The molecule has 0 aliphatic heterocycles. The van der Waals surface area contributed by atoms with Crippen LogP contribution >= 0.6 is 0 Å². The first-order chi connectivity index (χ1) is 12.1. The summed E-state index contributed by atoms with van der Waals surface area (Å²) in [5.74, 6) is 0.773. The minimum atomic E-state index is -0.0693. The van der Waals surface area contributed by atoms with E-state index in [4.69, 9.17) is 4.74 Å². The average molecular weight is 334 g/mol. The molecule has 0 unspecified atom stereocenters. The second kappa shape index (κ2) is 7.26. The van der Waals surface area contributed by atoms with Crippen LogP contribution in [0.15, 0.2) is 60.7 Å². The van der Waals surface area contributed by atoms with Gasteiger partial charge in [-0.1, -0.05) is 18.2 Å². The van der Waals surface area contributed by atoms with Crippen molar-refractivity contribution < 1.29 is 9.53 Å². The second-order valence-electron chi connectivity index (χ2n) is 6.17. The molecule has 128 valence electrons. The Bertz CT molecular complexity index is 886. The number of nitrogens with one attached hydrogen (secondary N) is 1. The maximum Gasteiger partial charge on any atom is 0.251 e. The first-order valence-electron chi connectivity index (χ1n) is 8.19. The summed E-state index contributed by atoms with van der Waals surface area (Å²) in [6.07, 6.45) is 0. The number of carbonyl (C=O) groups is 1. The molecule has 4 nitrogen and oxygen atoms in total. The van der Waals surface area contributed by atoms with Crippen molar-refractivity contribution in [3.63, 3.8) is 0 Å². The molecule has 0 aliphatic carbocycles.